The number of nitrogens with zero attached hydrogens (tertiary/aromatic N) is 3. The molecule has 0 saturated carbocycles. The molecule has 0 bridgehead atoms. The number of rotatable bonds is 8. The first kappa shape index (κ1) is 32.1. The highest BCUT2D eigenvalue weighted by Gasteiger charge is 2.47. The van der Waals surface area contributed by atoms with E-state index in [4.69, 9.17) is 4.11 Å². The van der Waals surface area contributed by atoms with Gasteiger partial charge in [0.2, 0.25) is 0 Å². The van der Waals surface area contributed by atoms with Gasteiger partial charge in [-0.05, 0) is 146 Å². The van der Waals surface area contributed by atoms with E-state index in [2.05, 4.69) is 148 Å². The van der Waals surface area contributed by atoms with Crippen LogP contribution in [0.15, 0.2) is 255 Å². The van der Waals surface area contributed by atoms with Crippen LogP contribution >= 0.6 is 0 Å². The molecule has 1 aliphatic rings. The fraction of sp³-hybridized carbons (Fsp3) is 0.0312. The normalized spacial score (nSPS) is 15.6. The Morgan fingerprint density at radius 1 is 0.373 bits per heavy atom. The van der Waals surface area contributed by atoms with Crippen molar-refractivity contribution in [2.24, 2.45) is 7.05 Å². The third kappa shape index (κ3) is 6.12. The van der Waals surface area contributed by atoms with Gasteiger partial charge in [0.05, 0.1) is 15.0 Å². The molecule has 0 saturated heterocycles. The van der Waals surface area contributed by atoms with Crippen molar-refractivity contribution in [1.29, 1.82) is 0 Å². The molecule has 0 aliphatic heterocycles. The predicted octanol–water partition coefficient (Wildman–Crippen LogP) is 16.9. The van der Waals surface area contributed by atoms with Crippen LogP contribution in [0.5, 0.6) is 0 Å². The van der Waals surface area contributed by atoms with Crippen molar-refractivity contribution in [2.75, 3.05) is 9.80 Å². The van der Waals surface area contributed by atoms with Crippen LogP contribution in [0.25, 0.3) is 54.5 Å². The van der Waals surface area contributed by atoms with Gasteiger partial charge in [-0.3, -0.25) is 0 Å². The van der Waals surface area contributed by atoms with Gasteiger partial charge in [0.25, 0.3) is 0 Å². The minimum absolute atomic E-state index is 0.0915. The highest BCUT2D eigenvalue weighted by Crippen LogP contribution is 2.59. The van der Waals surface area contributed by atoms with E-state index >= 15 is 0 Å². The molecule has 3 nitrogen and oxygen atoms in total. The zero-order valence-corrected chi connectivity index (χ0v) is 36.5. The lowest BCUT2D eigenvalue weighted by atomic mass is 9.67. The molecule has 3 heteroatoms. The molecule has 1 aromatic heterocycles. The van der Waals surface area contributed by atoms with Gasteiger partial charge < -0.3 is 14.4 Å². The molecule has 0 N–H and O–H groups in total. The molecule has 0 amide bonds. The molecule has 11 aromatic carbocycles. The number of hydrogen-bond donors (Lipinski definition) is 0. The molecule has 0 radical (unpaired) electrons. The average Bonchev–Trinajstić information content (AvgIpc) is 3.90. The molecule has 67 heavy (non-hydrogen) atoms. The van der Waals surface area contributed by atoms with Gasteiger partial charge in [-0.15, -0.1) is 0 Å². The number of aryl methyl sites for hydroxylation is 1. The second-order valence-corrected chi connectivity index (χ2v) is 17.2. The summed E-state index contributed by atoms with van der Waals surface area (Å²) in [6.45, 7) is 0. The molecule has 1 atom stereocenters. The van der Waals surface area contributed by atoms with Gasteiger partial charge in [0, 0.05) is 63.0 Å². The van der Waals surface area contributed by atoms with E-state index in [1.165, 1.54) is 0 Å². The quantitative estimate of drug-likeness (QED) is 0.151. The molecule has 1 aliphatic carbocycles. The molecule has 13 rings (SSSR count). The third-order valence-electron chi connectivity index (χ3n) is 13.6. The van der Waals surface area contributed by atoms with Gasteiger partial charge in [-0.25, -0.2) is 0 Å². The Kier molecular flexibility index (Phi) is 7.42. The summed E-state index contributed by atoms with van der Waals surface area (Å²) in [6, 6.07) is 70.2. The monoisotopic (exact) mass is 862 g/mol. The van der Waals surface area contributed by atoms with Crippen LogP contribution in [0.2, 0.25) is 0 Å². The summed E-state index contributed by atoms with van der Waals surface area (Å²) in [6.07, 6.45) is 0. The highest BCUT2D eigenvalue weighted by molar-refractivity contribution is 6.08. The number of aromatic nitrogens is 1. The fourth-order valence-electron chi connectivity index (χ4n) is 10.6. The number of para-hydroxylation sites is 4. The van der Waals surface area contributed by atoms with Gasteiger partial charge >= 0.3 is 0 Å². The molecule has 12 aromatic rings. The van der Waals surface area contributed by atoms with Crippen LogP contribution in [0.1, 0.15) is 31.8 Å². The Morgan fingerprint density at radius 2 is 0.896 bits per heavy atom. The minimum atomic E-state index is -1.47. The summed E-state index contributed by atoms with van der Waals surface area (Å²) in [5, 5.41) is 4.10. The van der Waals surface area contributed by atoms with E-state index in [1.54, 1.807) is 0 Å². The van der Waals surface area contributed by atoms with Crippen molar-refractivity contribution >= 4 is 77.5 Å². The van der Waals surface area contributed by atoms with Crippen LogP contribution in [0.4, 0.5) is 34.1 Å². The van der Waals surface area contributed by atoms with Gasteiger partial charge in [0.1, 0.15) is 0 Å². The second kappa shape index (κ2) is 15.5. The molecule has 1 unspecified atom stereocenters. The Morgan fingerprint density at radius 3 is 1.55 bits per heavy atom. The Labute approximate surface area is 400 Å². The Bertz CT molecular complexity index is 4220. The topological polar surface area (TPSA) is 11.4 Å². The summed E-state index contributed by atoms with van der Waals surface area (Å²) in [4.78, 5) is 4.47. The van der Waals surface area contributed by atoms with Crippen LogP contribution in [0, 0.1) is 0 Å². The number of fused-ring (bicyclic) bond motifs is 8. The van der Waals surface area contributed by atoms with Crippen molar-refractivity contribution in [3.63, 3.8) is 0 Å². The number of benzene rings is 11. The van der Waals surface area contributed by atoms with Crippen LogP contribution < -0.4 is 9.80 Å². The van der Waals surface area contributed by atoms with E-state index < -0.39 is 29.6 Å². The molecule has 316 valence electrons. The van der Waals surface area contributed by atoms with Gasteiger partial charge in [0.15, 0.2) is 0 Å². The van der Waals surface area contributed by atoms with Crippen LogP contribution in [0.3, 0.4) is 0 Å². The third-order valence-corrected chi connectivity index (χ3v) is 13.6. The molecular weight excluding hydrogens is 811 g/mol. The highest BCUT2D eigenvalue weighted by atomic mass is 15.1. The largest absolute Gasteiger partial charge is 0.344 e. The molecular formula is C64H45N3. The molecule has 0 spiro atoms. The number of anilines is 6. The second-order valence-electron chi connectivity index (χ2n) is 17.2. The number of hydrogen-bond acceptors (Lipinski definition) is 2. The van der Waals surface area contributed by atoms with Gasteiger partial charge in [-0.1, -0.05) is 164 Å². The first-order chi connectivity index (χ1) is 36.1. The first-order valence-corrected chi connectivity index (χ1v) is 22.6. The zero-order valence-electron chi connectivity index (χ0n) is 43.5. The first-order valence-electron chi connectivity index (χ1n) is 26.1. The Hall–Kier alpha value is -8.66. The maximum atomic E-state index is 10.4. The van der Waals surface area contributed by atoms with E-state index in [0.29, 0.717) is 0 Å². The Balaban J connectivity index is 1.18. The maximum absolute atomic E-state index is 10.4. The summed E-state index contributed by atoms with van der Waals surface area (Å²) in [7, 11) is 2.04. The zero-order chi connectivity index (χ0) is 50.6. The average molecular weight is 863 g/mol. The predicted molar refractivity (Wildman–Crippen MR) is 282 cm³/mol. The van der Waals surface area contributed by atoms with Crippen LogP contribution in [-0.2, 0) is 12.5 Å². The summed E-state index contributed by atoms with van der Waals surface area (Å²) >= 11 is 0. The lowest BCUT2D eigenvalue weighted by Gasteiger charge is -2.35. The lowest BCUT2D eigenvalue weighted by Crippen LogP contribution is -2.28. The smallest absolute Gasteiger partial charge is 0.0714 e. The van der Waals surface area contributed by atoms with E-state index in [0.717, 1.165) is 94.5 Å². The standard InChI is InChI=1S/C64H45N3/c1-65-62-28-16-15-27-56(62)57-36-32-49(41-63(57)65)64(48-31-29-44-17-11-13-19-46(44)39-48)60-37-34-54(66(50-21-5-2-6-22-50)51-23-7-3-8-24-51)42-58(60)59-43-55(35-38-61(59)64)67(52-25-9-4-10-26-52)53-33-30-45-18-12-14-20-47(45)40-53/h2-43H,1H3/i11D,13D,17D,19D,29D,31D,39D. The summed E-state index contributed by atoms with van der Waals surface area (Å²) in [5.74, 6) is 0. The minimum Gasteiger partial charge on any atom is -0.344 e. The van der Waals surface area contributed by atoms with Crippen LogP contribution in [-0.4, -0.2) is 4.57 Å². The van der Waals surface area contributed by atoms with Crippen molar-refractivity contribution in [3.05, 3.63) is 277 Å². The van der Waals surface area contributed by atoms with E-state index in [-0.39, 0.29) is 34.5 Å². The fourth-order valence-corrected chi connectivity index (χ4v) is 10.6. The van der Waals surface area contributed by atoms with Crippen molar-refractivity contribution in [1.82, 2.24) is 4.57 Å². The SMILES string of the molecule is [2H]c1c([2H])c([2H])c2c([2H])c(C3(c4ccc5c6ccccc6n(C)c5c4)c4ccc(N(c5ccccc5)c5ccccc5)cc4-c4cc(N(c5ccccc5)c5ccc6ccccc6c5)ccc43)c([2H])c([2H])c2c1[2H]. The van der Waals surface area contributed by atoms with E-state index in [9.17, 15) is 5.48 Å². The van der Waals surface area contributed by atoms with Crippen molar-refractivity contribution in [3.8, 4) is 11.1 Å². The lowest BCUT2D eigenvalue weighted by molar-refractivity contribution is 0.770. The molecule has 0 fully saturated rings. The van der Waals surface area contributed by atoms with E-state index in [1.807, 2.05) is 85.9 Å². The molecule has 1 heterocycles. The van der Waals surface area contributed by atoms with Gasteiger partial charge in [-0.2, -0.15) is 0 Å². The summed E-state index contributed by atoms with van der Waals surface area (Å²) < 4.78 is 68.2. The summed E-state index contributed by atoms with van der Waals surface area (Å²) in [5.41, 5.74) is 10.2. The van der Waals surface area contributed by atoms with Crippen molar-refractivity contribution in [2.45, 2.75) is 5.41 Å². The maximum Gasteiger partial charge on any atom is 0.0714 e. The van der Waals surface area contributed by atoms with Crippen molar-refractivity contribution < 1.29 is 9.60 Å².